The van der Waals surface area contributed by atoms with Gasteiger partial charge in [0.05, 0.1) is 18.5 Å². The largest absolute Gasteiger partial charge is 0.497 e. The Bertz CT molecular complexity index is 1090. The van der Waals surface area contributed by atoms with Gasteiger partial charge < -0.3 is 9.84 Å². The van der Waals surface area contributed by atoms with E-state index < -0.39 is 0 Å². The van der Waals surface area contributed by atoms with Crippen LogP contribution in [0.4, 0.5) is 4.39 Å². The highest BCUT2D eigenvalue weighted by Crippen LogP contribution is 2.33. The quantitative estimate of drug-likeness (QED) is 0.495. The van der Waals surface area contributed by atoms with Gasteiger partial charge in [-0.1, -0.05) is 30.3 Å². The third-order valence-electron chi connectivity index (χ3n) is 4.90. The van der Waals surface area contributed by atoms with Gasteiger partial charge in [0.25, 0.3) is 0 Å². The first kappa shape index (κ1) is 18.7. The van der Waals surface area contributed by atoms with E-state index in [-0.39, 0.29) is 11.7 Å². The predicted molar refractivity (Wildman–Crippen MR) is 111 cm³/mol. The molecule has 3 aromatic carbocycles. The van der Waals surface area contributed by atoms with Crippen LogP contribution in [0.15, 0.2) is 78.9 Å². The van der Waals surface area contributed by atoms with Gasteiger partial charge in [0.1, 0.15) is 11.6 Å². The molecule has 0 aliphatic heterocycles. The maximum absolute atomic E-state index is 13.2. The van der Waals surface area contributed by atoms with Crippen molar-refractivity contribution in [2.24, 2.45) is 0 Å². The Balaban J connectivity index is 1.73. The average Bonchev–Trinajstić information content (AvgIpc) is 3.10. The van der Waals surface area contributed by atoms with Crippen molar-refractivity contribution in [3.8, 4) is 28.6 Å². The second-order valence-corrected chi connectivity index (χ2v) is 6.75. The molecule has 0 radical (unpaired) electrons. The Morgan fingerprint density at radius 2 is 1.59 bits per heavy atom. The molecule has 1 aromatic heterocycles. The molecule has 4 aromatic rings. The van der Waals surface area contributed by atoms with Crippen LogP contribution < -0.4 is 4.74 Å². The Hall–Kier alpha value is -3.60. The summed E-state index contributed by atoms with van der Waals surface area (Å²) in [6, 6.07) is 23.6. The van der Waals surface area contributed by atoms with Crippen LogP contribution in [-0.2, 0) is 12.8 Å². The monoisotopic (exact) mass is 388 g/mol. The third kappa shape index (κ3) is 3.99. The van der Waals surface area contributed by atoms with Gasteiger partial charge in [-0.05, 0) is 66.9 Å². The van der Waals surface area contributed by atoms with Gasteiger partial charge in [-0.2, -0.15) is 5.10 Å². The SMILES string of the molecule is COc1ccc(-c2nn(-c3ccccc3)c(O)c2CCc2ccc(F)cc2)cc1. The summed E-state index contributed by atoms with van der Waals surface area (Å²) in [4.78, 5) is 0. The summed E-state index contributed by atoms with van der Waals surface area (Å²) in [6.07, 6.45) is 1.24. The molecule has 4 nitrogen and oxygen atoms in total. The Morgan fingerprint density at radius 3 is 2.24 bits per heavy atom. The number of hydrogen-bond acceptors (Lipinski definition) is 3. The van der Waals surface area contributed by atoms with Gasteiger partial charge in [0, 0.05) is 11.1 Å². The van der Waals surface area contributed by atoms with Crippen molar-refractivity contribution in [2.75, 3.05) is 7.11 Å². The lowest BCUT2D eigenvalue weighted by molar-refractivity contribution is 0.415. The minimum atomic E-state index is -0.257. The van der Waals surface area contributed by atoms with E-state index in [1.54, 1.807) is 23.9 Å². The Morgan fingerprint density at radius 1 is 0.897 bits per heavy atom. The van der Waals surface area contributed by atoms with Crippen LogP contribution in [0.5, 0.6) is 11.6 Å². The van der Waals surface area contributed by atoms with E-state index in [0.29, 0.717) is 12.8 Å². The maximum Gasteiger partial charge on any atom is 0.218 e. The third-order valence-corrected chi connectivity index (χ3v) is 4.90. The molecule has 4 rings (SSSR count). The summed E-state index contributed by atoms with van der Waals surface area (Å²) >= 11 is 0. The summed E-state index contributed by atoms with van der Waals surface area (Å²) < 4.78 is 20.0. The fraction of sp³-hybridized carbons (Fsp3) is 0.125. The normalized spacial score (nSPS) is 10.8. The summed E-state index contributed by atoms with van der Waals surface area (Å²) in [5, 5.41) is 15.7. The molecule has 0 aliphatic rings. The van der Waals surface area contributed by atoms with Crippen LogP contribution in [-0.4, -0.2) is 22.0 Å². The number of halogens is 1. The van der Waals surface area contributed by atoms with Crippen LogP contribution in [0.2, 0.25) is 0 Å². The first-order valence-corrected chi connectivity index (χ1v) is 9.41. The fourth-order valence-electron chi connectivity index (χ4n) is 3.32. The predicted octanol–water partition coefficient (Wildman–Crippen LogP) is 5.18. The molecule has 29 heavy (non-hydrogen) atoms. The molecule has 0 unspecified atom stereocenters. The number of nitrogens with zero attached hydrogens (tertiary/aromatic N) is 2. The first-order chi connectivity index (χ1) is 14.2. The highest BCUT2D eigenvalue weighted by molar-refractivity contribution is 5.67. The topological polar surface area (TPSA) is 47.3 Å². The smallest absolute Gasteiger partial charge is 0.218 e. The molecule has 0 amide bonds. The first-order valence-electron chi connectivity index (χ1n) is 9.41. The van der Waals surface area contributed by atoms with Crippen molar-refractivity contribution in [1.29, 1.82) is 0 Å². The minimum absolute atomic E-state index is 0.115. The van der Waals surface area contributed by atoms with Gasteiger partial charge in [0.15, 0.2) is 0 Å². The number of aryl methyl sites for hydroxylation is 1. The molecule has 5 heteroatoms. The lowest BCUT2D eigenvalue weighted by atomic mass is 10.0. The molecule has 0 atom stereocenters. The van der Waals surface area contributed by atoms with Gasteiger partial charge >= 0.3 is 0 Å². The molecule has 1 N–H and O–H groups in total. The molecular weight excluding hydrogens is 367 g/mol. The summed E-state index contributed by atoms with van der Waals surface area (Å²) in [5.41, 5.74) is 4.15. The molecule has 0 saturated carbocycles. The number of methoxy groups -OCH3 is 1. The summed E-state index contributed by atoms with van der Waals surface area (Å²) in [7, 11) is 1.62. The number of rotatable bonds is 6. The van der Waals surface area contributed by atoms with Gasteiger partial charge in [-0.15, -0.1) is 0 Å². The number of ether oxygens (including phenoxy) is 1. The second kappa shape index (κ2) is 8.19. The lowest BCUT2D eigenvalue weighted by Crippen LogP contribution is -1.95. The van der Waals surface area contributed by atoms with E-state index in [9.17, 15) is 9.50 Å². The molecule has 1 heterocycles. The second-order valence-electron chi connectivity index (χ2n) is 6.75. The molecule has 0 saturated heterocycles. The van der Waals surface area contributed by atoms with E-state index in [0.717, 1.165) is 33.8 Å². The lowest BCUT2D eigenvalue weighted by Gasteiger charge is -2.05. The highest BCUT2D eigenvalue weighted by atomic mass is 19.1. The van der Waals surface area contributed by atoms with Crippen molar-refractivity contribution in [2.45, 2.75) is 12.8 Å². The maximum atomic E-state index is 13.2. The number of benzene rings is 3. The van der Waals surface area contributed by atoms with Gasteiger partial charge in [-0.3, -0.25) is 0 Å². The molecule has 0 aliphatic carbocycles. The Kier molecular flexibility index (Phi) is 5.29. The van der Waals surface area contributed by atoms with Crippen LogP contribution in [0.3, 0.4) is 0 Å². The molecule has 0 bridgehead atoms. The van der Waals surface area contributed by atoms with Crippen molar-refractivity contribution in [3.63, 3.8) is 0 Å². The number of para-hydroxylation sites is 1. The molecular formula is C24H21FN2O2. The fourth-order valence-corrected chi connectivity index (χ4v) is 3.32. The van der Waals surface area contributed by atoms with Crippen molar-refractivity contribution in [3.05, 3.63) is 95.8 Å². The van der Waals surface area contributed by atoms with E-state index in [1.165, 1.54) is 12.1 Å². The van der Waals surface area contributed by atoms with Crippen LogP contribution in [0, 0.1) is 5.82 Å². The summed E-state index contributed by atoms with van der Waals surface area (Å²) in [5.74, 6) is 0.616. The highest BCUT2D eigenvalue weighted by Gasteiger charge is 2.19. The number of aromatic hydroxyl groups is 1. The van der Waals surface area contributed by atoms with Crippen molar-refractivity contribution < 1.29 is 14.2 Å². The zero-order valence-corrected chi connectivity index (χ0v) is 16.0. The van der Waals surface area contributed by atoms with E-state index >= 15 is 0 Å². The zero-order chi connectivity index (χ0) is 20.2. The zero-order valence-electron chi connectivity index (χ0n) is 16.0. The van der Waals surface area contributed by atoms with Crippen LogP contribution >= 0.6 is 0 Å². The molecule has 0 fully saturated rings. The number of hydrogen-bond donors (Lipinski definition) is 1. The molecule has 146 valence electrons. The van der Waals surface area contributed by atoms with Crippen LogP contribution in [0.25, 0.3) is 16.9 Å². The molecule has 0 spiro atoms. The van der Waals surface area contributed by atoms with Gasteiger partial charge in [-0.25, -0.2) is 9.07 Å². The van der Waals surface area contributed by atoms with E-state index in [1.807, 2.05) is 54.6 Å². The van der Waals surface area contributed by atoms with Crippen LogP contribution in [0.1, 0.15) is 11.1 Å². The van der Waals surface area contributed by atoms with Gasteiger partial charge in [0.2, 0.25) is 5.88 Å². The summed E-state index contributed by atoms with van der Waals surface area (Å²) in [6.45, 7) is 0. The van der Waals surface area contributed by atoms with E-state index in [2.05, 4.69) is 0 Å². The standard InChI is InChI=1S/C24H21FN2O2/c1-29-21-14-10-18(11-15-21)23-22(16-9-17-7-12-19(25)13-8-17)24(28)27(26-23)20-5-3-2-4-6-20/h2-8,10-15,28H,9,16H2,1H3. The minimum Gasteiger partial charge on any atom is -0.497 e. The average molecular weight is 388 g/mol. The number of aromatic nitrogens is 2. The van der Waals surface area contributed by atoms with Crippen molar-refractivity contribution in [1.82, 2.24) is 9.78 Å². The van der Waals surface area contributed by atoms with E-state index in [4.69, 9.17) is 9.84 Å². The van der Waals surface area contributed by atoms with Crippen molar-refractivity contribution >= 4 is 0 Å². The Labute approximate surface area is 168 Å².